The monoisotopic (exact) mass is 458 g/mol. The summed E-state index contributed by atoms with van der Waals surface area (Å²) in [5, 5.41) is 2.95. The van der Waals surface area contributed by atoms with Gasteiger partial charge in [-0.15, -0.1) is 0 Å². The maximum Gasteiger partial charge on any atom is 0.258 e. The Balaban J connectivity index is 1.48. The molecule has 1 aliphatic rings. The van der Waals surface area contributed by atoms with Crippen molar-refractivity contribution in [3.05, 3.63) is 63.6 Å². The van der Waals surface area contributed by atoms with Crippen molar-refractivity contribution in [2.45, 2.75) is 52.1 Å². The third kappa shape index (κ3) is 6.58. The Morgan fingerprint density at radius 3 is 2.52 bits per heavy atom. The standard InChI is InChI=1S/C24H31BrN2O2/c1-24(2,3)20-9-10-22(21(25)14-20)29-17-23(28)26-15-18-7-6-8-19(13-18)16-27-11-4-5-12-27/h6-10,13-14H,4-5,11-12,15-17H2,1-3H3,(H,26,28). The molecule has 0 aliphatic carbocycles. The van der Waals surface area contributed by atoms with Gasteiger partial charge in [0.05, 0.1) is 4.47 Å². The van der Waals surface area contributed by atoms with Gasteiger partial charge >= 0.3 is 0 Å². The number of ether oxygens (including phenoxy) is 1. The van der Waals surface area contributed by atoms with E-state index < -0.39 is 0 Å². The highest BCUT2D eigenvalue weighted by Gasteiger charge is 2.16. The lowest BCUT2D eigenvalue weighted by Crippen LogP contribution is -2.28. The number of likely N-dealkylation sites (tertiary alicyclic amines) is 1. The van der Waals surface area contributed by atoms with E-state index in [9.17, 15) is 4.79 Å². The highest BCUT2D eigenvalue weighted by atomic mass is 79.9. The van der Waals surface area contributed by atoms with Crippen LogP contribution in [0.2, 0.25) is 0 Å². The third-order valence-corrected chi connectivity index (χ3v) is 5.86. The maximum absolute atomic E-state index is 12.2. The summed E-state index contributed by atoms with van der Waals surface area (Å²) in [5.74, 6) is 0.558. The Hall–Kier alpha value is -1.85. The van der Waals surface area contributed by atoms with Crippen molar-refractivity contribution in [3.8, 4) is 5.75 Å². The van der Waals surface area contributed by atoms with Crippen LogP contribution in [0.25, 0.3) is 0 Å². The van der Waals surface area contributed by atoms with Crippen LogP contribution in [0, 0.1) is 0 Å². The molecule has 1 aliphatic heterocycles. The van der Waals surface area contributed by atoms with Crippen molar-refractivity contribution in [1.29, 1.82) is 0 Å². The van der Waals surface area contributed by atoms with Crippen molar-refractivity contribution < 1.29 is 9.53 Å². The molecule has 1 amide bonds. The van der Waals surface area contributed by atoms with E-state index in [-0.39, 0.29) is 17.9 Å². The number of hydrogen-bond donors (Lipinski definition) is 1. The highest BCUT2D eigenvalue weighted by molar-refractivity contribution is 9.10. The van der Waals surface area contributed by atoms with Crippen molar-refractivity contribution in [2.24, 2.45) is 0 Å². The van der Waals surface area contributed by atoms with Crippen molar-refractivity contribution in [2.75, 3.05) is 19.7 Å². The first kappa shape index (κ1) is 21.8. The fraction of sp³-hybridized carbons (Fsp3) is 0.458. The Labute approximate surface area is 182 Å². The summed E-state index contributed by atoms with van der Waals surface area (Å²) in [6, 6.07) is 14.5. The Kier molecular flexibility index (Phi) is 7.36. The average molecular weight is 459 g/mol. The maximum atomic E-state index is 12.2. The summed E-state index contributed by atoms with van der Waals surface area (Å²) in [7, 11) is 0. The van der Waals surface area contributed by atoms with Gasteiger partial charge in [0.15, 0.2) is 6.61 Å². The van der Waals surface area contributed by atoms with Gasteiger partial charge in [0.25, 0.3) is 5.91 Å². The van der Waals surface area contributed by atoms with E-state index in [1.165, 1.54) is 37.1 Å². The largest absolute Gasteiger partial charge is 0.483 e. The molecule has 1 heterocycles. The second-order valence-corrected chi connectivity index (χ2v) is 9.62. The summed E-state index contributed by atoms with van der Waals surface area (Å²) in [4.78, 5) is 14.7. The van der Waals surface area contributed by atoms with E-state index >= 15 is 0 Å². The Morgan fingerprint density at radius 1 is 1.10 bits per heavy atom. The quantitative estimate of drug-likeness (QED) is 0.631. The fourth-order valence-corrected chi connectivity index (χ4v) is 4.01. The minimum Gasteiger partial charge on any atom is -0.483 e. The Bertz CT molecular complexity index is 839. The fourth-order valence-electron chi connectivity index (χ4n) is 3.52. The lowest BCUT2D eigenvalue weighted by molar-refractivity contribution is -0.123. The number of nitrogens with zero attached hydrogens (tertiary/aromatic N) is 1. The van der Waals surface area contributed by atoms with Crippen LogP contribution in [0.3, 0.4) is 0 Å². The first-order valence-electron chi connectivity index (χ1n) is 10.3. The molecule has 0 radical (unpaired) electrons. The molecule has 1 N–H and O–H groups in total. The molecule has 0 spiro atoms. The molecule has 2 aromatic carbocycles. The lowest BCUT2D eigenvalue weighted by Gasteiger charge is -2.20. The SMILES string of the molecule is CC(C)(C)c1ccc(OCC(=O)NCc2cccc(CN3CCCC3)c2)c(Br)c1. The van der Waals surface area contributed by atoms with Crippen LogP contribution >= 0.6 is 15.9 Å². The number of nitrogens with one attached hydrogen (secondary N) is 1. The number of hydrogen-bond acceptors (Lipinski definition) is 3. The summed E-state index contributed by atoms with van der Waals surface area (Å²) >= 11 is 3.55. The van der Waals surface area contributed by atoms with Gasteiger partial charge in [-0.2, -0.15) is 0 Å². The van der Waals surface area contributed by atoms with Crippen LogP contribution in [0.1, 0.15) is 50.3 Å². The predicted molar refractivity (Wildman–Crippen MR) is 121 cm³/mol. The number of halogens is 1. The van der Waals surface area contributed by atoms with Gasteiger partial charge in [-0.05, 0) is 76.1 Å². The molecule has 1 saturated heterocycles. The average Bonchev–Trinajstić information content (AvgIpc) is 3.18. The van der Waals surface area contributed by atoms with E-state index in [1.807, 2.05) is 12.1 Å². The number of carbonyl (C=O) groups is 1. The van der Waals surface area contributed by atoms with Gasteiger partial charge in [-0.25, -0.2) is 0 Å². The number of amides is 1. The van der Waals surface area contributed by atoms with Crippen LogP contribution in [-0.4, -0.2) is 30.5 Å². The minimum atomic E-state index is -0.123. The second kappa shape index (κ2) is 9.77. The molecule has 0 unspecified atom stereocenters. The van der Waals surface area contributed by atoms with Crippen molar-refractivity contribution in [3.63, 3.8) is 0 Å². The van der Waals surface area contributed by atoms with E-state index in [0.717, 1.165) is 16.6 Å². The molecule has 0 aromatic heterocycles. The molecular weight excluding hydrogens is 428 g/mol. The molecule has 3 rings (SSSR count). The first-order chi connectivity index (χ1) is 13.8. The zero-order valence-corrected chi connectivity index (χ0v) is 19.2. The first-order valence-corrected chi connectivity index (χ1v) is 11.1. The molecular formula is C24H31BrN2O2. The molecule has 1 fully saturated rings. The van der Waals surface area contributed by atoms with Crippen molar-refractivity contribution in [1.82, 2.24) is 10.2 Å². The molecule has 156 valence electrons. The van der Waals surface area contributed by atoms with Gasteiger partial charge in [0.1, 0.15) is 5.75 Å². The van der Waals surface area contributed by atoms with Gasteiger partial charge in [0, 0.05) is 13.1 Å². The van der Waals surface area contributed by atoms with E-state index in [4.69, 9.17) is 4.74 Å². The second-order valence-electron chi connectivity index (χ2n) is 8.76. The Morgan fingerprint density at radius 2 is 1.83 bits per heavy atom. The lowest BCUT2D eigenvalue weighted by atomic mass is 9.87. The van der Waals surface area contributed by atoms with Gasteiger partial charge in [0.2, 0.25) is 0 Å². The molecule has 29 heavy (non-hydrogen) atoms. The van der Waals surface area contributed by atoms with Crippen LogP contribution in [0.15, 0.2) is 46.9 Å². The van der Waals surface area contributed by atoms with Crippen LogP contribution in [-0.2, 0) is 23.3 Å². The minimum absolute atomic E-state index is 0.000926. The molecule has 0 atom stereocenters. The normalized spacial score (nSPS) is 14.8. The van der Waals surface area contributed by atoms with E-state index in [0.29, 0.717) is 12.3 Å². The van der Waals surface area contributed by atoms with Gasteiger partial charge < -0.3 is 10.1 Å². The number of carbonyl (C=O) groups excluding carboxylic acids is 1. The molecule has 5 heteroatoms. The number of rotatable bonds is 7. The van der Waals surface area contributed by atoms with Crippen LogP contribution < -0.4 is 10.1 Å². The van der Waals surface area contributed by atoms with Gasteiger partial charge in [-0.3, -0.25) is 9.69 Å². The molecule has 0 bridgehead atoms. The molecule has 0 saturated carbocycles. The molecule has 2 aromatic rings. The van der Waals surface area contributed by atoms with Crippen LogP contribution in [0.4, 0.5) is 0 Å². The van der Waals surface area contributed by atoms with E-state index in [1.54, 1.807) is 0 Å². The topological polar surface area (TPSA) is 41.6 Å². The zero-order valence-electron chi connectivity index (χ0n) is 17.6. The highest BCUT2D eigenvalue weighted by Crippen LogP contribution is 2.31. The molecule has 4 nitrogen and oxygen atoms in total. The van der Waals surface area contributed by atoms with E-state index in [2.05, 4.69) is 77.2 Å². The van der Waals surface area contributed by atoms with Gasteiger partial charge in [-0.1, -0.05) is 51.1 Å². The summed E-state index contributed by atoms with van der Waals surface area (Å²) in [6.07, 6.45) is 2.59. The number of benzene rings is 2. The van der Waals surface area contributed by atoms with Crippen molar-refractivity contribution >= 4 is 21.8 Å². The summed E-state index contributed by atoms with van der Waals surface area (Å²) in [6.45, 7) is 10.4. The third-order valence-electron chi connectivity index (χ3n) is 5.24. The van der Waals surface area contributed by atoms with Crippen LogP contribution in [0.5, 0.6) is 5.75 Å². The predicted octanol–water partition coefficient (Wildman–Crippen LogP) is 5.04. The zero-order chi connectivity index (χ0) is 20.9. The summed E-state index contributed by atoms with van der Waals surface area (Å²) < 4.78 is 6.57. The smallest absolute Gasteiger partial charge is 0.258 e. The summed E-state index contributed by atoms with van der Waals surface area (Å²) in [5.41, 5.74) is 3.71.